The monoisotopic (exact) mass is 320 g/mol. The Morgan fingerprint density at radius 3 is 3.14 bits per heavy atom. The average molecular weight is 320 g/mol. The van der Waals surface area contributed by atoms with Crippen molar-refractivity contribution in [1.29, 1.82) is 0 Å². The Labute approximate surface area is 131 Å². The van der Waals surface area contributed by atoms with E-state index in [0.717, 1.165) is 22.9 Å². The van der Waals surface area contributed by atoms with Crippen LogP contribution in [0.1, 0.15) is 5.69 Å². The Bertz CT molecular complexity index is 675. The molecule has 0 saturated heterocycles. The lowest BCUT2D eigenvalue weighted by Crippen LogP contribution is -2.04. The summed E-state index contributed by atoms with van der Waals surface area (Å²) in [7, 11) is 1.69. The lowest BCUT2D eigenvalue weighted by molar-refractivity contribution is 0.183. The quantitative estimate of drug-likeness (QED) is 0.725. The minimum atomic E-state index is 0.664. The molecule has 3 rings (SSSR count). The van der Waals surface area contributed by atoms with Crippen molar-refractivity contribution in [3.05, 3.63) is 41.0 Å². The Kier molecular flexibility index (Phi) is 4.64. The summed E-state index contributed by atoms with van der Waals surface area (Å²) in [6, 6.07) is 4.15. The Morgan fingerprint density at radius 2 is 2.33 bits per heavy atom. The third-order valence-electron chi connectivity index (χ3n) is 2.92. The van der Waals surface area contributed by atoms with Crippen LogP contribution in [0.25, 0.3) is 9.88 Å². The van der Waals surface area contributed by atoms with Gasteiger partial charge in [0.1, 0.15) is 5.01 Å². The van der Waals surface area contributed by atoms with Gasteiger partial charge in [0, 0.05) is 18.7 Å². The molecule has 0 spiro atoms. The lowest BCUT2D eigenvalue weighted by Gasteiger charge is -2.00. The molecule has 0 aliphatic rings. The molecule has 0 atom stereocenters. The second-order valence-corrected chi connectivity index (χ2v) is 6.27. The van der Waals surface area contributed by atoms with E-state index in [1.807, 2.05) is 23.1 Å². The number of methoxy groups -OCH3 is 1. The first-order chi connectivity index (χ1) is 10.3. The van der Waals surface area contributed by atoms with Crippen molar-refractivity contribution in [3.63, 3.8) is 0 Å². The first-order valence-electron chi connectivity index (χ1n) is 6.58. The van der Waals surface area contributed by atoms with Crippen molar-refractivity contribution < 1.29 is 4.74 Å². The number of anilines is 1. The molecule has 7 heteroatoms. The number of nitrogens with zero attached hydrogens (tertiary/aromatic N) is 3. The van der Waals surface area contributed by atoms with Gasteiger partial charge < -0.3 is 10.1 Å². The highest BCUT2D eigenvalue weighted by molar-refractivity contribution is 7.20. The van der Waals surface area contributed by atoms with Gasteiger partial charge in [-0.05, 0) is 11.4 Å². The topological polar surface area (TPSA) is 52.0 Å². The van der Waals surface area contributed by atoms with Gasteiger partial charge in [0.25, 0.3) is 0 Å². The summed E-state index contributed by atoms with van der Waals surface area (Å²) >= 11 is 3.40. The van der Waals surface area contributed by atoms with Crippen molar-refractivity contribution in [2.45, 2.75) is 13.1 Å². The van der Waals surface area contributed by atoms with E-state index in [0.29, 0.717) is 13.2 Å². The van der Waals surface area contributed by atoms with Crippen LogP contribution >= 0.6 is 22.7 Å². The maximum atomic E-state index is 5.03. The molecular formula is C14H16N4OS2. The van der Waals surface area contributed by atoms with Gasteiger partial charge >= 0.3 is 0 Å². The number of thiophene rings is 1. The number of thiazole rings is 1. The molecule has 0 unspecified atom stereocenters. The van der Waals surface area contributed by atoms with Crippen LogP contribution in [0.3, 0.4) is 0 Å². The van der Waals surface area contributed by atoms with Crippen LogP contribution in [0.2, 0.25) is 0 Å². The summed E-state index contributed by atoms with van der Waals surface area (Å²) in [6.07, 6.45) is 3.80. The second-order valence-electron chi connectivity index (χ2n) is 4.46. The van der Waals surface area contributed by atoms with Crippen LogP contribution in [0, 0.1) is 0 Å². The highest BCUT2D eigenvalue weighted by Gasteiger charge is 2.06. The molecule has 0 fully saturated rings. The number of nitrogens with one attached hydrogen (secondary N) is 1. The standard InChI is InChI=1S/C14H16N4OS2/c1-19-5-4-18-9-11(8-16-18)15-7-12-10-21-14(17-12)13-3-2-6-20-13/h2-3,6,8-10,15H,4-5,7H2,1H3. The first-order valence-corrected chi connectivity index (χ1v) is 8.34. The number of aromatic nitrogens is 3. The van der Waals surface area contributed by atoms with Gasteiger partial charge in [0.05, 0.1) is 42.2 Å². The van der Waals surface area contributed by atoms with Gasteiger partial charge in [-0.3, -0.25) is 4.68 Å². The summed E-state index contributed by atoms with van der Waals surface area (Å²) in [6.45, 7) is 2.13. The Balaban J connectivity index is 1.56. The smallest absolute Gasteiger partial charge is 0.133 e. The molecule has 0 aliphatic carbocycles. The van der Waals surface area contributed by atoms with Crippen LogP contribution in [-0.2, 0) is 17.8 Å². The predicted molar refractivity (Wildman–Crippen MR) is 86.9 cm³/mol. The van der Waals surface area contributed by atoms with Gasteiger partial charge in [-0.2, -0.15) is 5.10 Å². The first kappa shape index (κ1) is 14.2. The molecule has 5 nitrogen and oxygen atoms in total. The number of hydrogen-bond acceptors (Lipinski definition) is 6. The van der Waals surface area contributed by atoms with Gasteiger partial charge in [-0.15, -0.1) is 22.7 Å². The highest BCUT2D eigenvalue weighted by atomic mass is 32.1. The van der Waals surface area contributed by atoms with E-state index in [9.17, 15) is 0 Å². The second kappa shape index (κ2) is 6.84. The Morgan fingerprint density at radius 1 is 1.38 bits per heavy atom. The molecule has 0 radical (unpaired) electrons. The average Bonchev–Trinajstić information content (AvgIpc) is 3.22. The molecule has 0 bridgehead atoms. The lowest BCUT2D eigenvalue weighted by atomic mass is 10.4. The third kappa shape index (κ3) is 3.69. The molecular weight excluding hydrogens is 304 g/mol. The van der Waals surface area contributed by atoms with Crippen LogP contribution in [-0.4, -0.2) is 28.5 Å². The summed E-state index contributed by atoms with van der Waals surface area (Å²) in [5.41, 5.74) is 2.05. The molecule has 0 saturated carbocycles. The van der Waals surface area contributed by atoms with E-state index in [2.05, 4.69) is 32.2 Å². The van der Waals surface area contributed by atoms with Crippen molar-refractivity contribution in [2.75, 3.05) is 19.0 Å². The molecule has 3 heterocycles. The number of rotatable bonds is 7. The highest BCUT2D eigenvalue weighted by Crippen LogP contribution is 2.27. The zero-order chi connectivity index (χ0) is 14.5. The Hall–Kier alpha value is -1.70. The summed E-state index contributed by atoms with van der Waals surface area (Å²) in [5.74, 6) is 0. The van der Waals surface area contributed by atoms with Gasteiger partial charge in [0.2, 0.25) is 0 Å². The minimum Gasteiger partial charge on any atom is -0.383 e. The van der Waals surface area contributed by atoms with Crippen molar-refractivity contribution in [2.24, 2.45) is 0 Å². The fourth-order valence-electron chi connectivity index (χ4n) is 1.86. The molecule has 110 valence electrons. The van der Waals surface area contributed by atoms with Crippen LogP contribution in [0.15, 0.2) is 35.3 Å². The molecule has 0 aliphatic heterocycles. The van der Waals surface area contributed by atoms with E-state index < -0.39 is 0 Å². The van der Waals surface area contributed by atoms with Crippen molar-refractivity contribution in [1.82, 2.24) is 14.8 Å². The largest absolute Gasteiger partial charge is 0.383 e. The summed E-state index contributed by atoms with van der Waals surface area (Å²) < 4.78 is 6.90. The zero-order valence-corrected chi connectivity index (χ0v) is 13.3. The van der Waals surface area contributed by atoms with Gasteiger partial charge in [-0.25, -0.2) is 4.98 Å². The van der Waals surface area contributed by atoms with E-state index in [1.54, 1.807) is 29.8 Å². The third-order valence-corrected chi connectivity index (χ3v) is 4.85. The van der Waals surface area contributed by atoms with Gasteiger partial charge in [-0.1, -0.05) is 6.07 Å². The molecule has 1 N–H and O–H groups in total. The number of hydrogen-bond donors (Lipinski definition) is 1. The fraction of sp³-hybridized carbons (Fsp3) is 0.286. The summed E-state index contributed by atoms with van der Waals surface area (Å²) in [5, 5.41) is 12.9. The van der Waals surface area contributed by atoms with Crippen molar-refractivity contribution >= 4 is 28.4 Å². The van der Waals surface area contributed by atoms with Crippen LogP contribution < -0.4 is 5.32 Å². The molecule has 3 aromatic heterocycles. The summed E-state index contributed by atoms with van der Waals surface area (Å²) in [4.78, 5) is 5.86. The van der Waals surface area contributed by atoms with E-state index in [4.69, 9.17) is 4.74 Å². The molecule has 0 aromatic carbocycles. The van der Waals surface area contributed by atoms with Crippen molar-refractivity contribution in [3.8, 4) is 9.88 Å². The molecule has 0 amide bonds. The maximum absolute atomic E-state index is 5.03. The molecule has 3 aromatic rings. The molecule has 21 heavy (non-hydrogen) atoms. The normalized spacial score (nSPS) is 10.9. The van der Waals surface area contributed by atoms with Crippen LogP contribution in [0.4, 0.5) is 5.69 Å². The van der Waals surface area contributed by atoms with E-state index in [1.165, 1.54) is 4.88 Å². The van der Waals surface area contributed by atoms with Crippen LogP contribution in [0.5, 0.6) is 0 Å². The maximum Gasteiger partial charge on any atom is 0.133 e. The minimum absolute atomic E-state index is 0.664. The SMILES string of the molecule is COCCn1cc(NCc2csc(-c3cccs3)n2)cn1. The van der Waals surface area contributed by atoms with E-state index in [-0.39, 0.29) is 0 Å². The number of ether oxygens (including phenoxy) is 1. The zero-order valence-electron chi connectivity index (χ0n) is 11.7. The van der Waals surface area contributed by atoms with E-state index >= 15 is 0 Å². The predicted octanol–water partition coefficient (Wildman–Crippen LogP) is 3.33. The van der Waals surface area contributed by atoms with Gasteiger partial charge in [0.15, 0.2) is 0 Å². The fourth-order valence-corrected chi connectivity index (χ4v) is 3.49.